The quantitative estimate of drug-likeness (QED) is 0.301. The van der Waals surface area contributed by atoms with Crippen LogP contribution in [0.25, 0.3) is 0 Å². The number of Topliss-reactive ketones (excluding diaryl/α,β-unsaturated/α-hetero) is 1. The van der Waals surface area contributed by atoms with Crippen LogP contribution in [0.3, 0.4) is 0 Å². The molecule has 0 bridgehead atoms. The van der Waals surface area contributed by atoms with Crippen LogP contribution >= 0.6 is 0 Å². The third kappa shape index (κ3) is 2.89. The van der Waals surface area contributed by atoms with Crippen LogP contribution in [0.2, 0.25) is 0 Å². The number of carbonyl (C=O) groups excluding carboxylic acids is 4. The van der Waals surface area contributed by atoms with Gasteiger partial charge < -0.3 is 14.6 Å². The summed E-state index contributed by atoms with van der Waals surface area (Å²) in [5.74, 6) is -4.70. The van der Waals surface area contributed by atoms with E-state index in [-0.39, 0.29) is 46.7 Å². The average Bonchev–Trinajstić information content (AvgIpc) is 3.05. The largest absolute Gasteiger partial charge is 0.502 e. The number of ketones is 2. The van der Waals surface area contributed by atoms with Crippen molar-refractivity contribution in [1.82, 2.24) is 5.06 Å². The Balaban J connectivity index is 1.75. The topological polar surface area (TPSA) is 130 Å². The highest BCUT2D eigenvalue weighted by molar-refractivity contribution is 6.23. The molecule has 1 aromatic carbocycles. The molecular formula is C25H23NO8. The monoisotopic (exact) mass is 465 g/mol. The number of rotatable bonds is 3. The van der Waals surface area contributed by atoms with Gasteiger partial charge in [-0.25, -0.2) is 0 Å². The van der Waals surface area contributed by atoms with Gasteiger partial charge in [0.2, 0.25) is 5.75 Å². The van der Waals surface area contributed by atoms with Crippen molar-refractivity contribution in [3.8, 4) is 17.2 Å². The molecule has 1 heterocycles. The summed E-state index contributed by atoms with van der Waals surface area (Å²) in [6.07, 6.45) is 3.49. The van der Waals surface area contributed by atoms with Crippen LogP contribution < -0.4 is 9.47 Å². The molecule has 9 nitrogen and oxygen atoms in total. The standard InChI is InChI=1S/C25H23NO8/c1-10-6-16(27)21-15(22(10)28)9-14-12(4-5-13-20(14)25(31)26(32)24(13)30)19(21)11-7-17(33-2)23(29)18(8-11)34-3/h4,6-8,13-14,19-20,29,32H,5,9H2,1-3H3/t13-,14+,19-,20-/m0/s1. The van der Waals surface area contributed by atoms with Gasteiger partial charge in [0.05, 0.1) is 26.1 Å². The van der Waals surface area contributed by atoms with Crippen molar-refractivity contribution < 1.29 is 39.0 Å². The Morgan fingerprint density at radius 2 is 1.65 bits per heavy atom. The number of phenols is 1. The minimum Gasteiger partial charge on any atom is -0.502 e. The fourth-order valence-electron chi connectivity index (χ4n) is 5.83. The molecule has 0 radical (unpaired) electrons. The number of methoxy groups -OCH3 is 2. The Morgan fingerprint density at radius 1 is 1.00 bits per heavy atom. The summed E-state index contributed by atoms with van der Waals surface area (Å²) in [5, 5.41) is 20.6. The maximum Gasteiger partial charge on any atom is 0.257 e. The summed E-state index contributed by atoms with van der Waals surface area (Å²) in [6.45, 7) is 1.57. The zero-order chi connectivity index (χ0) is 24.5. The van der Waals surface area contributed by atoms with Crippen molar-refractivity contribution >= 4 is 23.4 Å². The van der Waals surface area contributed by atoms with E-state index in [0.29, 0.717) is 22.3 Å². The lowest BCUT2D eigenvalue weighted by atomic mass is 9.59. The van der Waals surface area contributed by atoms with E-state index in [1.54, 1.807) is 19.1 Å². The predicted octanol–water partition coefficient (Wildman–Crippen LogP) is 2.23. The number of aromatic hydroxyl groups is 1. The molecule has 3 aliphatic carbocycles. The molecule has 0 saturated carbocycles. The first kappa shape index (κ1) is 22.1. The lowest BCUT2D eigenvalue weighted by molar-refractivity contribution is -0.173. The van der Waals surface area contributed by atoms with Gasteiger partial charge in [-0.15, -0.1) is 0 Å². The van der Waals surface area contributed by atoms with Gasteiger partial charge in [0.15, 0.2) is 23.1 Å². The number of fused-ring (bicyclic) bond motifs is 3. The van der Waals surface area contributed by atoms with Crippen molar-refractivity contribution in [1.29, 1.82) is 0 Å². The second-order valence-corrected chi connectivity index (χ2v) is 8.99. The zero-order valence-corrected chi connectivity index (χ0v) is 18.8. The molecule has 1 aromatic rings. The number of benzene rings is 1. The second kappa shape index (κ2) is 7.66. The smallest absolute Gasteiger partial charge is 0.257 e. The molecule has 0 spiro atoms. The van der Waals surface area contributed by atoms with Crippen molar-refractivity contribution in [2.75, 3.05) is 14.2 Å². The van der Waals surface area contributed by atoms with Gasteiger partial charge in [0, 0.05) is 22.6 Å². The number of imide groups is 1. The van der Waals surface area contributed by atoms with Crippen LogP contribution in [0.15, 0.2) is 46.6 Å². The van der Waals surface area contributed by atoms with Gasteiger partial charge in [-0.2, -0.15) is 5.06 Å². The van der Waals surface area contributed by atoms with Gasteiger partial charge in [0.25, 0.3) is 11.8 Å². The summed E-state index contributed by atoms with van der Waals surface area (Å²) < 4.78 is 10.6. The molecule has 34 heavy (non-hydrogen) atoms. The summed E-state index contributed by atoms with van der Waals surface area (Å²) in [7, 11) is 2.77. The first-order chi connectivity index (χ1) is 16.2. The highest BCUT2D eigenvalue weighted by atomic mass is 16.5. The fourth-order valence-corrected chi connectivity index (χ4v) is 5.83. The highest BCUT2D eigenvalue weighted by Crippen LogP contribution is 2.56. The lowest BCUT2D eigenvalue weighted by Crippen LogP contribution is -2.39. The van der Waals surface area contributed by atoms with Gasteiger partial charge in [-0.3, -0.25) is 24.4 Å². The molecule has 0 aromatic heterocycles. The summed E-state index contributed by atoms with van der Waals surface area (Å²) in [6, 6.07) is 3.15. The molecular weight excluding hydrogens is 442 g/mol. The maximum atomic E-state index is 13.2. The Hall–Kier alpha value is -3.72. The Bertz CT molecular complexity index is 1240. The molecule has 1 saturated heterocycles. The molecule has 0 unspecified atom stereocenters. The van der Waals surface area contributed by atoms with Crippen LogP contribution in [-0.2, 0) is 19.2 Å². The number of allylic oxidation sites excluding steroid dienone is 6. The van der Waals surface area contributed by atoms with Crippen molar-refractivity contribution in [2.24, 2.45) is 17.8 Å². The zero-order valence-electron chi connectivity index (χ0n) is 18.8. The van der Waals surface area contributed by atoms with E-state index in [9.17, 15) is 29.5 Å². The van der Waals surface area contributed by atoms with E-state index in [1.165, 1.54) is 20.3 Å². The molecule has 2 N–H and O–H groups in total. The SMILES string of the molecule is COc1cc([C@H]2C3=CC[C@@H]4C(=O)N(O)C(=O)[C@@H]4[C@@H]3CC3=C2C(=O)C=C(C)C3=O)cc(OC)c1O. The fraction of sp³-hybridized carbons (Fsp3) is 0.360. The number of hydroxylamine groups is 2. The van der Waals surface area contributed by atoms with Crippen molar-refractivity contribution in [3.05, 3.63) is 52.1 Å². The molecule has 176 valence electrons. The average molecular weight is 465 g/mol. The van der Waals surface area contributed by atoms with E-state index in [0.717, 1.165) is 5.57 Å². The summed E-state index contributed by atoms with van der Waals surface area (Å²) >= 11 is 0. The highest BCUT2D eigenvalue weighted by Gasteiger charge is 2.56. The van der Waals surface area contributed by atoms with Crippen LogP contribution in [0.1, 0.15) is 31.2 Å². The van der Waals surface area contributed by atoms with Crippen molar-refractivity contribution in [3.63, 3.8) is 0 Å². The number of hydrogen-bond acceptors (Lipinski definition) is 8. The molecule has 5 rings (SSSR count). The van der Waals surface area contributed by atoms with Gasteiger partial charge >= 0.3 is 0 Å². The number of hydrogen-bond donors (Lipinski definition) is 2. The normalized spacial score (nSPS) is 28.3. The molecule has 4 atom stereocenters. The van der Waals surface area contributed by atoms with Gasteiger partial charge in [-0.1, -0.05) is 11.6 Å². The third-order valence-corrected chi connectivity index (χ3v) is 7.37. The molecule has 4 aliphatic rings. The second-order valence-electron chi connectivity index (χ2n) is 8.99. The van der Waals surface area contributed by atoms with E-state index in [1.807, 2.05) is 6.08 Å². The van der Waals surface area contributed by atoms with Gasteiger partial charge in [-0.05, 0) is 49.5 Å². The first-order valence-corrected chi connectivity index (χ1v) is 10.9. The van der Waals surface area contributed by atoms with E-state index >= 15 is 0 Å². The van der Waals surface area contributed by atoms with Gasteiger partial charge in [0.1, 0.15) is 0 Å². The van der Waals surface area contributed by atoms with Crippen LogP contribution in [0.5, 0.6) is 17.2 Å². The Kier molecular flexibility index (Phi) is 4.98. The van der Waals surface area contributed by atoms with Crippen LogP contribution in [-0.4, -0.2) is 53.0 Å². The maximum absolute atomic E-state index is 13.2. The lowest BCUT2D eigenvalue weighted by Gasteiger charge is -2.42. The number of nitrogens with zero attached hydrogens (tertiary/aromatic N) is 1. The number of amides is 2. The predicted molar refractivity (Wildman–Crippen MR) is 116 cm³/mol. The molecule has 2 amide bonds. The Labute approximate surface area is 194 Å². The van der Waals surface area contributed by atoms with E-state index in [4.69, 9.17) is 9.47 Å². The minimum atomic E-state index is -0.830. The first-order valence-electron chi connectivity index (χ1n) is 10.9. The van der Waals surface area contributed by atoms with E-state index in [2.05, 4.69) is 0 Å². The summed E-state index contributed by atoms with van der Waals surface area (Å²) in [4.78, 5) is 51.7. The molecule has 1 aliphatic heterocycles. The minimum absolute atomic E-state index is 0.119. The molecule has 1 fully saturated rings. The summed E-state index contributed by atoms with van der Waals surface area (Å²) in [5.41, 5.74) is 2.19. The van der Waals surface area contributed by atoms with Crippen molar-refractivity contribution in [2.45, 2.75) is 25.7 Å². The van der Waals surface area contributed by atoms with Crippen LogP contribution in [0.4, 0.5) is 0 Å². The number of carbonyl (C=O) groups is 4. The third-order valence-electron chi connectivity index (χ3n) is 7.37. The Morgan fingerprint density at radius 3 is 2.26 bits per heavy atom. The van der Waals surface area contributed by atoms with E-state index < -0.39 is 35.5 Å². The number of phenolic OH excluding ortho intramolecular Hbond substituents is 1. The number of ether oxygens (including phenoxy) is 2. The molecule has 9 heteroatoms. The van der Waals surface area contributed by atoms with Crippen LogP contribution in [0, 0.1) is 17.8 Å².